The van der Waals surface area contributed by atoms with Gasteiger partial charge < -0.3 is 17.3 Å². The van der Waals surface area contributed by atoms with Gasteiger partial charge in [-0.2, -0.15) is 0 Å². The van der Waals surface area contributed by atoms with E-state index in [1.165, 1.54) is 15.5 Å². The van der Waals surface area contributed by atoms with Crippen molar-refractivity contribution in [1.82, 2.24) is 4.58 Å². The molecular weight excluding hydrogens is 446 g/mol. The minimum Gasteiger partial charge on any atom is -0.418 e. The van der Waals surface area contributed by atoms with Gasteiger partial charge in [0.1, 0.15) is 0 Å². The number of benzene rings is 1. The summed E-state index contributed by atoms with van der Waals surface area (Å²) in [4.78, 5) is 2.60. The molecule has 0 aliphatic rings. The third-order valence-electron chi connectivity index (χ3n) is 4.30. The van der Waals surface area contributed by atoms with Crippen molar-refractivity contribution in [3.8, 4) is 0 Å². The Kier molecular flexibility index (Phi) is 9.48. The first kappa shape index (κ1) is 25.8. The smallest absolute Gasteiger partial charge is 0.418 e. The normalized spacial score (nSPS) is 12.1. The van der Waals surface area contributed by atoms with Crippen molar-refractivity contribution < 1.29 is 17.3 Å². The summed E-state index contributed by atoms with van der Waals surface area (Å²) in [6.45, 7) is 18.5. The Hall–Kier alpha value is -1.27. The molecule has 0 fully saturated rings. The maximum Gasteiger partial charge on any atom is 0.673 e. The van der Waals surface area contributed by atoms with Gasteiger partial charge in [0.05, 0.1) is 0 Å². The average Bonchev–Trinajstić information content (AvgIpc) is 3.17. The number of hydrogen-bond donors (Lipinski definition) is 0. The van der Waals surface area contributed by atoms with E-state index in [0.717, 1.165) is 0 Å². The van der Waals surface area contributed by atoms with E-state index in [2.05, 4.69) is 95.2 Å². The van der Waals surface area contributed by atoms with Crippen LogP contribution in [-0.2, 0) is 0 Å². The Morgan fingerprint density at radius 2 is 1.21 bits per heavy atom. The molecule has 2 aromatic carbocycles. The van der Waals surface area contributed by atoms with Crippen LogP contribution in [0, 0.1) is 0 Å². The van der Waals surface area contributed by atoms with Gasteiger partial charge in [-0.05, 0) is 0 Å². The molecule has 0 aromatic heterocycles. The second-order valence-corrected chi connectivity index (χ2v) is 10.4. The van der Waals surface area contributed by atoms with Crippen LogP contribution >= 0.6 is 0 Å². The van der Waals surface area contributed by atoms with E-state index in [1.54, 1.807) is 4.46 Å². The van der Waals surface area contributed by atoms with Crippen LogP contribution in [0.4, 0.5) is 23.0 Å². The Balaban J connectivity index is 0.000000749. The minimum absolute atomic E-state index is 0.385. The quantitative estimate of drug-likeness (QED) is 0.334. The topological polar surface area (TPSA) is 6.25 Å². The molecule has 0 aliphatic heterocycles. The van der Waals surface area contributed by atoms with Gasteiger partial charge in [-0.15, -0.1) is 0 Å². The first-order valence-corrected chi connectivity index (χ1v) is 11.8. The molecule has 0 amide bonds. The third-order valence-corrected chi connectivity index (χ3v) is 6.60. The SMILES string of the molecule is CC(C)N(c1c([Se]c2ccccc2)c1=[N+](C(C)C)C(C)C)C(C)C.F[B-](F)(F)F. The summed E-state index contributed by atoms with van der Waals surface area (Å²) in [5, 5.41) is 1.52. The molecule has 2 rings (SSSR count). The molecule has 0 N–H and O–H groups in total. The fourth-order valence-electron chi connectivity index (χ4n) is 3.56. The summed E-state index contributed by atoms with van der Waals surface area (Å²) in [7, 11) is -6.00. The molecule has 164 valence electrons. The first-order valence-electron chi connectivity index (χ1n) is 10.0. The van der Waals surface area contributed by atoms with Crippen molar-refractivity contribution in [3.05, 3.63) is 35.7 Å². The van der Waals surface area contributed by atoms with E-state index in [9.17, 15) is 17.3 Å². The van der Waals surface area contributed by atoms with Crippen LogP contribution in [0.3, 0.4) is 0 Å². The summed E-state index contributed by atoms with van der Waals surface area (Å²) >= 11 is 0.385. The van der Waals surface area contributed by atoms with Crippen molar-refractivity contribution >= 4 is 36.8 Å². The average molecular weight is 479 g/mol. The number of halogens is 4. The second-order valence-electron chi connectivity index (χ2n) is 8.13. The van der Waals surface area contributed by atoms with Crippen LogP contribution in [0.2, 0.25) is 0 Å². The standard InChI is InChI=1S/C21H33N2Se.BF4/c1-14(2)22(15(3)4)19-20(23(16(5)6)17(7)8)21(19)24-18-12-10-9-11-13-18;2-1(3,4)5/h9-17H,1-8H3;/q+1;-1. The Bertz CT molecular complexity index is 752. The van der Waals surface area contributed by atoms with Gasteiger partial charge in [-0.3, -0.25) is 0 Å². The summed E-state index contributed by atoms with van der Waals surface area (Å²) < 4.78 is 44.7. The number of rotatable bonds is 7. The Labute approximate surface area is 179 Å². The van der Waals surface area contributed by atoms with Crippen LogP contribution < -0.4 is 23.8 Å². The molecule has 0 unspecified atom stereocenters. The Morgan fingerprint density at radius 1 is 0.793 bits per heavy atom. The van der Waals surface area contributed by atoms with Crippen LogP contribution in [-0.4, -0.2) is 46.4 Å². The molecule has 0 saturated heterocycles. The van der Waals surface area contributed by atoms with Crippen molar-refractivity contribution in [2.45, 2.75) is 79.6 Å². The predicted octanol–water partition coefficient (Wildman–Crippen LogP) is 3.73. The van der Waals surface area contributed by atoms with E-state index in [0.29, 0.717) is 39.1 Å². The van der Waals surface area contributed by atoms with Crippen LogP contribution in [0.1, 0.15) is 55.4 Å². The Morgan fingerprint density at radius 3 is 1.55 bits per heavy atom. The summed E-state index contributed by atoms with van der Waals surface area (Å²) in [5.41, 5.74) is 1.52. The van der Waals surface area contributed by atoms with Crippen molar-refractivity contribution in [2.24, 2.45) is 0 Å². The van der Waals surface area contributed by atoms with Gasteiger partial charge in [0, 0.05) is 0 Å². The van der Waals surface area contributed by atoms with Crippen LogP contribution in [0.15, 0.2) is 30.3 Å². The summed E-state index contributed by atoms with van der Waals surface area (Å²) in [6, 6.07) is 13.1. The predicted molar refractivity (Wildman–Crippen MR) is 119 cm³/mol. The van der Waals surface area contributed by atoms with Crippen molar-refractivity contribution in [3.63, 3.8) is 0 Å². The molecule has 0 aliphatic carbocycles. The summed E-state index contributed by atoms with van der Waals surface area (Å²) in [5.74, 6) is 0. The van der Waals surface area contributed by atoms with Gasteiger partial charge in [0.2, 0.25) is 0 Å². The maximum absolute atomic E-state index is 9.75. The van der Waals surface area contributed by atoms with E-state index in [1.807, 2.05) is 0 Å². The largest absolute Gasteiger partial charge is 0.673 e. The molecular formula is C21H33BF4N2Se. The zero-order valence-corrected chi connectivity index (χ0v) is 20.3. The van der Waals surface area contributed by atoms with Gasteiger partial charge in [0.25, 0.3) is 0 Å². The van der Waals surface area contributed by atoms with Gasteiger partial charge in [0.15, 0.2) is 0 Å². The van der Waals surface area contributed by atoms with E-state index >= 15 is 0 Å². The molecule has 2 aromatic rings. The molecule has 29 heavy (non-hydrogen) atoms. The summed E-state index contributed by atoms with van der Waals surface area (Å²) in [6.07, 6.45) is 0. The van der Waals surface area contributed by atoms with Crippen molar-refractivity contribution in [1.29, 1.82) is 0 Å². The minimum atomic E-state index is -6.00. The number of hydrogen-bond acceptors (Lipinski definition) is 1. The zero-order valence-electron chi connectivity index (χ0n) is 18.6. The first-order chi connectivity index (χ1) is 13.3. The molecule has 0 bridgehead atoms. The number of anilines is 1. The fraction of sp³-hybridized carbons (Fsp3) is 0.571. The zero-order chi connectivity index (χ0) is 22.5. The van der Waals surface area contributed by atoms with Gasteiger partial charge in [-0.25, -0.2) is 0 Å². The van der Waals surface area contributed by atoms with E-state index in [4.69, 9.17) is 0 Å². The molecule has 0 heterocycles. The third kappa shape index (κ3) is 8.17. The van der Waals surface area contributed by atoms with Crippen LogP contribution in [0.25, 0.3) is 0 Å². The van der Waals surface area contributed by atoms with Gasteiger partial charge in [-0.1, -0.05) is 0 Å². The molecule has 2 nitrogen and oxygen atoms in total. The van der Waals surface area contributed by atoms with Crippen molar-refractivity contribution in [2.75, 3.05) is 4.90 Å². The number of nitrogens with zero attached hydrogens (tertiary/aromatic N) is 2. The molecule has 0 radical (unpaired) electrons. The van der Waals surface area contributed by atoms with Crippen LogP contribution in [0.5, 0.6) is 0 Å². The van der Waals surface area contributed by atoms with E-state index < -0.39 is 7.25 Å². The molecule has 8 heteroatoms. The molecule has 0 spiro atoms. The molecule has 0 atom stereocenters. The fourth-order valence-corrected chi connectivity index (χ4v) is 5.82. The maximum atomic E-state index is 9.75. The molecule has 0 saturated carbocycles. The van der Waals surface area contributed by atoms with Gasteiger partial charge >= 0.3 is 162 Å². The monoisotopic (exact) mass is 480 g/mol. The van der Waals surface area contributed by atoms with E-state index in [-0.39, 0.29) is 0 Å². The second kappa shape index (κ2) is 10.7.